The van der Waals surface area contributed by atoms with Crippen molar-refractivity contribution < 1.29 is 0 Å². The van der Waals surface area contributed by atoms with Crippen molar-refractivity contribution in [2.45, 2.75) is 13.0 Å². The molecule has 1 heterocycles. The Hall–Kier alpha value is -0.300. The minimum atomic E-state index is 0.435. The van der Waals surface area contributed by atoms with E-state index < -0.39 is 0 Å². The normalized spacial score (nSPS) is 31.8. The molecule has 1 atom stereocenters. The second kappa shape index (κ2) is 1.43. The van der Waals surface area contributed by atoms with Crippen molar-refractivity contribution in [3.05, 3.63) is 12.2 Å². The van der Waals surface area contributed by atoms with Gasteiger partial charge in [0.2, 0.25) is 0 Å². The van der Waals surface area contributed by atoms with Gasteiger partial charge in [-0.05, 0) is 19.1 Å². The van der Waals surface area contributed by atoms with Gasteiger partial charge < -0.3 is 5.32 Å². The first-order valence-electron chi connectivity index (χ1n) is 2.11. The first-order valence-corrected chi connectivity index (χ1v) is 2.11. The highest BCUT2D eigenvalue weighted by molar-refractivity contribution is 4.85. The molecule has 0 fully saturated rings. The van der Waals surface area contributed by atoms with Crippen LogP contribution in [0.3, 0.4) is 0 Å². The van der Waals surface area contributed by atoms with Gasteiger partial charge in [0.1, 0.15) is 0 Å². The van der Waals surface area contributed by atoms with Crippen LogP contribution in [0, 0.1) is 12.2 Å². The summed E-state index contributed by atoms with van der Waals surface area (Å²) in [5.41, 5.74) is 0. The molecule has 1 rings (SSSR count). The Bertz CT molecular complexity index is 66.3. The Labute approximate surface area is 38.1 Å². The molecule has 0 amide bonds. The van der Waals surface area contributed by atoms with Gasteiger partial charge in [-0.25, -0.2) is 0 Å². The third kappa shape index (κ3) is 0.601. The molecule has 0 aromatic heterocycles. The summed E-state index contributed by atoms with van der Waals surface area (Å²) in [5.74, 6) is 0. The van der Waals surface area contributed by atoms with Gasteiger partial charge in [0.25, 0.3) is 0 Å². The van der Waals surface area contributed by atoms with E-state index in [1.165, 1.54) is 0 Å². The van der Waals surface area contributed by atoms with Gasteiger partial charge in [0.05, 0.1) is 0 Å². The third-order valence-corrected chi connectivity index (χ3v) is 0.815. The van der Waals surface area contributed by atoms with Gasteiger partial charge >= 0.3 is 0 Å². The van der Waals surface area contributed by atoms with Crippen molar-refractivity contribution in [2.75, 3.05) is 6.54 Å². The van der Waals surface area contributed by atoms with Crippen molar-refractivity contribution in [3.63, 3.8) is 0 Å². The molecule has 0 aliphatic carbocycles. The van der Waals surface area contributed by atoms with Gasteiger partial charge in [-0.1, -0.05) is 0 Å². The van der Waals surface area contributed by atoms with Crippen LogP contribution in [0.25, 0.3) is 0 Å². The molecule has 0 saturated heterocycles. The standard InChI is InChI=1S/C5H7N/c1-5-3-2-4-6-5/h5-6H,4H2,1H3. The average molecular weight is 81.1 g/mol. The Balaban J connectivity index is 2.38. The first kappa shape index (κ1) is 3.88. The molecule has 0 aromatic rings. The fourth-order valence-electron chi connectivity index (χ4n) is 0.459. The Morgan fingerprint density at radius 2 is 2.67 bits per heavy atom. The fraction of sp³-hybridized carbons (Fsp3) is 0.600. The van der Waals surface area contributed by atoms with E-state index in [1.807, 2.05) is 0 Å². The van der Waals surface area contributed by atoms with E-state index in [-0.39, 0.29) is 0 Å². The number of rotatable bonds is 0. The molecule has 1 aliphatic heterocycles. The van der Waals surface area contributed by atoms with Gasteiger partial charge in [-0.2, -0.15) is 0 Å². The highest BCUT2D eigenvalue weighted by Crippen LogP contribution is 1.86. The van der Waals surface area contributed by atoms with Crippen LogP contribution in [0.1, 0.15) is 6.92 Å². The van der Waals surface area contributed by atoms with E-state index in [1.54, 1.807) is 0 Å². The van der Waals surface area contributed by atoms with Crippen LogP contribution in [0.15, 0.2) is 0 Å². The average Bonchev–Trinajstić information content (AvgIpc) is 1.86. The van der Waals surface area contributed by atoms with Crippen molar-refractivity contribution in [1.82, 2.24) is 5.32 Å². The van der Waals surface area contributed by atoms with Crippen molar-refractivity contribution >= 4 is 0 Å². The lowest BCUT2D eigenvalue weighted by atomic mass is 10.4. The predicted octanol–water partition coefficient (Wildman–Crippen LogP) is 0.141. The number of hydrogen-bond acceptors (Lipinski definition) is 1. The molecule has 1 nitrogen and oxygen atoms in total. The van der Waals surface area contributed by atoms with Gasteiger partial charge in [0.15, 0.2) is 0 Å². The van der Waals surface area contributed by atoms with Crippen LogP contribution in [0.4, 0.5) is 0 Å². The summed E-state index contributed by atoms with van der Waals surface area (Å²) in [6.45, 7) is 2.93. The second-order valence-electron chi connectivity index (χ2n) is 1.42. The zero-order chi connectivity index (χ0) is 4.41. The highest BCUT2D eigenvalue weighted by atomic mass is 14.9. The molecule has 1 N–H and O–H groups in total. The lowest BCUT2D eigenvalue weighted by Gasteiger charge is -1.93. The van der Waals surface area contributed by atoms with Crippen LogP contribution < -0.4 is 5.32 Å². The summed E-state index contributed by atoms with van der Waals surface area (Å²) in [6.07, 6.45) is 5.87. The van der Waals surface area contributed by atoms with Crippen LogP contribution in [0.2, 0.25) is 0 Å². The van der Waals surface area contributed by atoms with E-state index >= 15 is 0 Å². The van der Waals surface area contributed by atoms with E-state index in [9.17, 15) is 0 Å². The Morgan fingerprint density at radius 1 is 1.83 bits per heavy atom. The highest BCUT2D eigenvalue weighted by Gasteiger charge is 1.98. The second-order valence-corrected chi connectivity index (χ2v) is 1.42. The van der Waals surface area contributed by atoms with E-state index in [0.717, 1.165) is 6.54 Å². The first-order chi connectivity index (χ1) is 2.89. The molecule has 0 saturated carbocycles. The molecule has 6 heavy (non-hydrogen) atoms. The Morgan fingerprint density at radius 3 is 2.83 bits per heavy atom. The van der Waals surface area contributed by atoms with E-state index in [2.05, 4.69) is 24.4 Å². The van der Waals surface area contributed by atoms with Gasteiger partial charge in [-0.15, -0.1) is 0 Å². The minimum absolute atomic E-state index is 0.435. The SMILES string of the molecule is CC1[C]=[C]CN1. The van der Waals surface area contributed by atoms with Crippen molar-refractivity contribution in [2.24, 2.45) is 0 Å². The summed E-state index contributed by atoms with van der Waals surface area (Å²) in [4.78, 5) is 0. The maximum Gasteiger partial charge on any atom is 0.0301 e. The summed E-state index contributed by atoms with van der Waals surface area (Å²) in [7, 11) is 0. The molecule has 0 bridgehead atoms. The summed E-state index contributed by atoms with van der Waals surface area (Å²) in [6, 6.07) is 0.435. The van der Waals surface area contributed by atoms with Crippen molar-refractivity contribution in [1.29, 1.82) is 0 Å². The maximum absolute atomic E-state index is 3.10. The quantitative estimate of drug-likeness (QED) is 0.437. The third-order valence-electron chi connectivity index (χ3n) is 0.815. The van der Waals surface area contributed by atoms with Crippen LogP contribution in [0.5, 0.6) is 0 Å². The molecular formula is C5H7N. The number of hydrogen-bond donors (Lipinski definition) is 1. The molecule has 32 valence electrons. The van der Waals surface area contributed by atoms with Gasteiger partial charge in [-0.3, -0.25) is 0 Å². The van der Waals surface area contributed by atoms with Crippen LogP contribution >= 0.6 is 0 Å². The molecule has 1 heteroatoms. The zero-order valence-corrected chi connectivity index (χ0v) is 3.78. The van der Waals surface area contributed by atoms with E-state index in [4.69, 9.17) is 0 Å². The summed E-state index contributed by atoms with van der Waals surface area (Å²) in [5, 5.41) is 3.10. The molecule has 1 aliphatic rings. The smallest absolute Gasteiger partial charge is 0.0301 e. The Kier molecular flexibility index (Phi) is 0.926. The predicted molar refractivity (Wildman–Crippen MR) is 24.0 cm³/mol. The maximum atomic E-state index is 3.10. The summed E-state index contributed by atoms with van der Waals surface area (Å²) >= 11 is 0. The lowest BCUT2D eigenvalue weighted by Crippen LogP contribution is -2.17. The van der Waals surface area contributed by atoms with E-state index in [0.29, 0.717) is 6.04 Å². The lowest BCUT2D eigenvalue weighted by molar-refractivity contribution is 0.714. The molecule has 2 radical (unpaired) electrons. The number of nitrogens with one attached hydrogen (secondary N) is 1. The van der Waals surface area contributed by atoms with Crippen molar-refractivity contribution in [3.8, 4) is 0 Å². The molecule has 1 unspecified atom stereocenters. The molecule has 0 spiro atoms. The summed E-state index contributed by atoms with van der Waals surface area (Å²) < 4.78 is 0. The minimum Gasteiger partial charge on any atom is -0.306 e. The largest absolute Gasteiger partial charge is 0.306 e. The molecular weight excluding hydrogens is 74.1 g/mol. The monoisotopic (exact) mass is 81.1 g/mol. The topological polar surface area (TPSA) is 12.0 Å². The molecule has 0 aromatic carbocycles. The zero-order valence-electron chi connectivity index (χ0n) is 3.78. The van der Waals surface area contributed by atoms with Crippen LogP contribution in [-0.2, 0) is 0 Å². The van der Waals surface area contributed by atoms with Gasteiger partial charge in [0, 0.05) is 12.6 Å². The fourth-order valence-corrected chi connectivity index (χ4v) is 0.459. The van der Waals surface area contributed by atoms with Crippen LogP contribution in [-0.4, -0.2) is 12.6 Å².